The fourth-order valence-corrected chi connectivity index (χ4v) is 7.82. The Hall–Kier alpha value is -5.03. The zero-order valence-corrected chi connectivity index (χ0v) is 28.8. The van der Waals surface area contributed by atoms with Crippen LogP contribution in [0.4, 0.5) is 10.7 Å². The van der Waals surface area contributed by atoms with E-state index in [1.807, 2.05) is 86.6 Å². The number of amides is 1. The largest absolute Gasteiger partial charge is 0.445 e. The molecule has 11 heteroatoms. The lowest BCUT2D eigenvalue weighted by molar-refractivity contribution is 0.0783. The predicted octanol–water partition coefficient (Wildman–Crippen LogP) is 7.58. The zero-order chi connectivity index (χ0) is 34.4. The first-order chi connectivity index (χ1) is 23.7. The average molecular weight is 680 g/mol. The van der Waals surface area contributed by atoms with Crippen LogP contribution in [0, 0.1) is 12.8 Å². The molecule has 1 aliphatic rings. The number of rotatable bonds is 11. The lowest BCUT2D eigenvalue weighted by Crippen LogP contribution is -2.48. The van der Waals surface area contributed by atoms with Gasteiger partial charge in [-0.25, -0.2) is 28.2 Å². The number of nitrogens with zero attached hydrogens (tertiary/aromatic N) is 4. The van der Waals surface area contributed by atoms with Gasteiger partial charge in [0.05, 0.1) is 22.8 Å². The molecule has 49 heavy (non-hydrogen) atoms. The molecule has 2 aromatic heterocycles. The fourth-order valence-electron chi connectivity index (χ4n) is 6.33. The third-order valence-corrected chi connectivity index (χ3v) is 10.3. The van der Waals surface area contributed by atoms with Crippen LogP contribution in [0.15, 0.2) is 91.3 Å². The lowest BCUT2D eigenvalue weighted by atomic mass is 9.96. The van der Waals surface area contributed by atoms with Crippen LogP contribution in [0.5, 0.6) is 11.6 Å². The van der Waals surface area contributed by atoms with Crippen molar-refractivity contribution >= 4 is 32.7 Å². The van der Waals surface area contributed by atoms with Gasteiger partial charge in [0.25, 0.3) is 0 Å². The van der Waals surface area contributed by atoms with Gasteiger partial charge in [-0.1, -0.05) is 74.5 Å². The highest BCUT2D eigenvalue weighted by Crippen LogP contribution is 2.38. The Balaban J connectivity index is 1.21. The summed E-state index contributed by atoms with van der Waals surface area (Å²) < 4.78 is 37.5. The minimum Gasteiger partial charge on any atom is -0.445 e. The number of piperidine rings is 1. The standard InChI is InChI=1S/C38H41N5O5S/c1-4-20-49(45,46)25-29-12-8-13-32-31(29)16-15-27(3)35(32)48-36-33(14-9-18-39-36)34-17-19-40-37(42-34)41-30-21-26(2)22-43(23-30)38(44)47-24-28-10-6-5-7-11-28/h5-19,26,30H,4,20-25H2,1-3H3,(H,40,41,42)/t26-,30+/m1/s1. The molecule has 1 N–H and O–H groups in total. The van der Waals surface area contributed by atoms with Crippen molar-refractivity contribution in [3.05, 3.63) is 108 Å². The number of aromatic nitrogens is 3. The number of nitrogens with one attached hydrogen (secondary N) is 1. The lowest BCUT2D eigenvalue weighted by Gasteiger charge is -2.36. The Kier molecular flexibility index (Phi) is 10.4. The molecule has 0 saturated carbocycles. The normalized spacial score (nSPS) is 16.3. The second-order valence-corrected chi connectivity index (χ2v) is 14.9. The minimum absolute atomic E-state index is 0.0291. The van der Waals surface area contributed by atoms with Gasteiger partial charge in [0.15, 0.2) is 9.84 Å². The topological polar surface area (TPSA) is 124 Å². The molecule has 0 bridgehead atoms. The van der Waals surface area contributed by atoms with Gasteiger partial charge < -0.3 is 19.7 Å². The molecule has 10 nitrogen and oxygen atoms in total. The molecule has 0 unspecified atom stereocenters. The van der Waals surface area contributed by atoms with E-state index in [1.165, 1.54) is 0 Å². The molecule has 5 aromatic rings. The maximum Gasteiger partial charge on any atom is 0.410 e. The summed E-state index contributed by atoms with van der Waals surface area (Å²) in [5.41, 5.74) is 3.87. The summed E-state index contributed by atoms with van der Waals surface area (Å²) in [5.74, 6) is 1.78. The third-order valence-electron chi connectivity index (χ3n) is 8.55. The van der Waals surface area contributed by atoms with Gasteiger partial charge in [0, 0.05) is 36.9 Å². The van der Waals surface area contributed by atoms with Crippen LogP contribution in [0.25, 0.3) is 22.0 Å². The summed E-state index contributed by atoms with van der Waals surface area (Å²) in [6, 6.07) is 24.7. The van der Waals surface area contributed by atoms with Crippen molar-refractivity contribution in [2.24, 2.45) is 5.92 Å². The van der Waals surface area contributed by atoms with Gasteiger partial charge in [-0.15, -0.1) is 0 Å². The first kappa shape index (κ1) is 33.9. The van der Waals surface area contributed by atoms with Crippen molar-refractivity contribution in [3.8, 4) is 22.9 Å². The fraction of sp³-hybridized carbons (Fsp3) is 0.316. The van der Waals surface area contributed by atoms with Gasteiger partial charge in [0.2, 0.25) is 11.8 Å². The van der Waals surface area contributed by atoms with E-state index < -0.39 is 9.84 Å². The number of hydrogen-bond acceptors (Lipinski definition) is 9. The van der Waals surface area contributed by atoms with E-state index in [0.717, 1.165) is 33.9 Å². The summed E-state index contributed by atoms with van der Waals surface area (Å²) in [7, 11) is -3.24. The first-order valence-corrected chi connectivity index (χ1v) is 18.4. The molecule has 1 aliphatic heterocycles. The predicted molar refractivity (Wildman–Crippen MR) is 191 cm³/mol. The molecule has 0 spiro atoms. The minimum atomic E-state index is -3.24. The van der Waals surface area contributed by atoms with Crippen LogP contribution < -0.4 is 10.1 Å². The van der Waals surface area contributed by atoms with Gasteiger partial charge in [0.1, 0.15) is 12.4 Å². The SMILES string of the molecule is CCCS(=O)(=O)Cc1cccc2c(Oc3ncccc3-c3ccnc(N[C@H]4C[C@@H](C)CN(C(=O)OCc5ccccc5)C4)n3)c(C)ccc12. The highest BCUT2D eigenvalue weighted by molar-refractivity contribution is 7.90. The highest BCUT2D eigenvalue weighted by Gasteiger charge is 2.29. The summed E-state index contributed by atoms with van der Waals surface area (Å²) in [5, 5.41) is 5.07. The van der Waals surface area contributed by atoms with E-state index in [2.05, 4.69) is 22.2 Å². The maximum atomic E-state index is 13.0. The molecule has 6 rings (SSSR count). The van der Waals surface area contributed by atoms with Crippen LogP contribution in [0.1, 0.15) is 43.4 Å². The van der Waals surface area contributed by atoms with Crippen molar-refractivity contribution in [1.29, 1.82) is 0 Å². The van der Waals surface area contributed by atoms with Crippen LogP contribution >= 0.6 is 0 Å². The van der Waals surface area contributed by atoms with Crippen molar-refractivity contribution < 1.29 is 22.7 Å². The number of likely N-dealkylation sites (tertiary alicyclic amines) is 1. The number of hydrogen-bond donors (Lipinski definition) is 1. The van der Waals surface area contributed by atoms with Crippen molar-refractivity contribution in [2.45, 2.75) is 52.0 Å². The number of pyridine rings is 1. The van der Waals surface area contributed by atoms with Crippen LogP contribution in [0.2, 0.25) is 0 Å². The monoisotopic (exact) mass is 679 g/mol. The van der Waals surface area contributed by atoms with E-state index in [0.29, 0.717) is 48.3 Å². The Bertz CT molecular complexity index is 2040. The molecule has 2 atom stereocenters. The number of carbonyl (C=O) groups is 1. The number of aryl methyl sites for hydroxylation is 1. The Morgan fingerprint density at radius 3 is 2.59 bits per heavy atom. The number of anilines is 1. The molecule has 1 saturated heterocycles. The van der Waals surface area contributed by atoms with Gasteiger partial charge in [-0.3, -0.25) is 0 Å². The number of carbonyl (C=O) groups excluding carboxylic acids is 1. The second-order valence-electron chi connectivity index (χ2n) is 12.7. The summed E-state index contributed by atoms with van der Waals surface area (Å²) in [6.07, 6.45) is 4.43. The molecule has 0 radical (unpaired) electrons. The Morgan fingerprint density at radius 1 is 0.939 bits per heavy atom. The smallest absolute Gasteiger partial charge is 0.410 e. The average Bonchev–Trinajstić information content (AvgIpc) is 3.09. The quantitative estimate of drug-likeness (QED) is 0.151. The Morgan fingerprint density at radius 2 is 1.78 bits per heavy atom. The van der Waals surface area contributed by atoms with E-state index in [9.17, 15) is 13.2 Å². The van der Waals surface area contributed by atoms with Crippen molar-refractivity contribution in [1.82, 2.24) is 19.9 Å². The van der Waals surface area contributed by atoms with Crippen molar-refractivity contribution in [3.63, 3.8) is 0 Å². The van der Waals surface area contributed by atoms with E-state index in [-0.39, 0.29) is 36.2 Å². The highest BCUT2D eigenvalue weighted by atomic mass is 32.2. The van der Waals surface area contributed by atoms with E-state index in [1.54, 1.807) is 23.4 Å². The van der Waals surface area contributed by atoms with E-state index >= 15 is 0 Å². The number of sulfone groups is 1. The van der Waals surface area contributed by atoms with E-state index in [4.69, 9.17) is 14.5 Å². The maximum absolute atomic E-state index is 13.0. The van der Waals surface area contributed by atoms with Crippen LogP contribution in [0.3, 0.4) is 0 Å². The summed E-state index contributed by atoms with van der Waals surface area (Å²) >= 11 is 0. The molecule has 0 aliphatic carbocycles. The Labute approximate surface area is 287 Å². The van der Waals surface area contributed by atoms with Gasteiger partial charge >= 0.3 is 6.09 Å². The second kappa shape index (κ2) is 15.0. The number of ether oxygens (including phenoxy) is 2. The van der Waals surface area contributed by atoms with Crippen LogP contribution in [-0.4, -0.2) is 59.2 Å². The molecular weight excluding hydrogens is 639 g/mol. The summed E-state index contributed by atoms with van der Waals surface area (Å²) in [4.78, 5) is 28.6. The third kappa shape index (κ3) is 8.34. The first-order valence-electron chi connectivity index (χ1n) is 16.6. The molecule has 1 fully saturated rings. The number of benzene rings is 3. The summed E-state index contributed by atoms with van der Waals surface area (Å²) in [6.45, 7) is 7.25. The van der Waals surface area contributed by atoms with Gasteiger partial charge in [-0.05, 0) is 66.0 Å². The zero-order valence-electron chi connectivity index (χ0n) is 28.0. The number of fused-ring (bicyclic) bond motifs is 1. The molecule has 3 aromatic carbocycles. The van der Waals surface area contributed by atoms with Crippen LogP contribution in [-0.2, 0) is 26.9 Å². The molecular formula is C38H41N5O5S. The molecule has 3 heterocycles. The van der Waals surface area contributed by atoms with Gasteiger partial charge in [-0.2, -0.15) is 0 Å². The molecule has 254 valence electrons. The molecule has 1 amide bonds. The van der Waals surface area contributed by atoms with Crippen molar-refractivity contribution in [2.75, 3.05) is 24.2 Å².